The lowest BCUT2D eigenvalue weighted by atomic mass is 10.9. The third-order valence-electron chi connectivity index (χ3n) is 0. The molecule has 56 valence electrons. The number of hydrogen-bond donors (Lipinski definition) is 0. The highest BCUT2D eigenvalue weighted by Crippen LogP contribution is 2.03. The first kappa shape index (κ1) is 11.4. The molecular formula is C2H3O6P-4. The summed E-state index contributed by atoms with van der Waals surface area (Å²) >= 11 is 0. The van der Waals surface area contributed by atoms with Crippen LogP contribution < -0.4 is 19.8 Å². The van der Waals surface area contributed by atoms with Crippen molar-refractivity contribution in [2.45, 2.75) is 6.92 Å². The Morgan fingerprint density at radius 3 is 1.33 bits per heavy atom. The van der Waals surface area contributed by atoms with E-state index in [1.165, 1.54) is 0 Å². The summed E-state index contributed by atoms with van der Waals surface area (Å²) in [4.78, 5) is 34.5. The zero-order valence-electron chi connectivity index (χ0n) is 4.40. The molecular weight excluding hydrogens is 151 g/mol. The van der Waals surface area contributed by atoms with Crippen molar-refractivity contribution in [3.8, 4) is 0 Å². The molecule has 0 fully saturated rings. The zero-order chi connectivity index (χ0) is 8.08. The molecule has 0 aliphatic carbocycles. The van der Waals surface area contributed by atoms with Gasteiger partial charge in [0.15, 0.2) is 0 Å². The number of hydrogen-bond acceptors (Lipinski definition) is 6. The molecule has 0 atom stereocenters. The van der Waals surface area contributed by atoms with Crippen molar-refractivity contribution in [3.05, 3.63) is 0 Å². The first-order chi connectivity index (χ1) is 3.73. The van der Waals surface area contributed by atoms with E-state index in [4.69, 9.17) is 29.1 Å². The van der Waals surface area contributed by atoms with E-state index in [1.54, 1.807) is 0 Å². The number of rotatable bonds is 0. The summed E-state index contributed by atoms with van der Waals surface area (Å²) in [7, 11) is -5.39. The first-order valence-electron chi connectivity index (χ1n) is 1.64. The molecule has 0 bridgehead atoms. The van der Waals surface area contributed by atoms with Crippen LogP contribution in [0.25, 0.3) is 0 Å². The van der Waals surface area contributed by atoms with E-state index in [9.17, 15) is 0 Å². The van der Waals surface area contributed by atoms with Crippen LogP contribution in [0.1, 0.15) is 6.92 Å². The highest BCUT2D eigenvalue weighted by molar-refractivity contribution is 7.40. The number of carboxylic acids is 1. The van der Waals surface area contributed by atoms with Crippen LogP contribution in [0.15, 0.2) is 0 Å². The molecule has 0 spiro atoms. The molecule has 0 unspecified atom stereocenters. The summed E-state index contributed by atoms with van der Waals surface area (Å²) in [6.07, 6.45) is 0. The fourth-order valence-corrected chi connectivity index (χ4v) is 0. The van der Waals surface area contributed by atoms with Crippen LogP contribution in [-0.2, 0) is 9.36 Å². The number of carbonyl (C=O) groups is 1. The van der Waals surface area contributed by atoms with Gasteiger partial charge in [-0.2, -0.15) is 7.82 Å². The molecule has 9 heavy (non-hydrogen) atoms. The van der Waals surface area contributed by atoms with Gasteiger partial charge in [-0.1, -0.05) is 0 Å². The van der Waals surface area contributed by atoms with Gasteiger partial charge in [-0.15, -0.1) is 0 Å². The molecule has 0 saturated heterocycles. The van der Waals surface area contributed by atoms with Crippen molar-refractivity contribution < 1.29 is 29.1 Å². The van der Waals surface area contributed by atoms with Crippen LogP contribution >= 0.6 is 7.82 Å². The van der Waals surface area contributed by atoms with E-state index in [1.807, 2.05) is 0 Å². The Kier molecular flexibility index (Phi) is 5.64. The topological polar surface area (TPSA) is 126 Å². The lowest BCUT2D eigenvalue weighted by Gasteiger charge is -2.36. The normalized spacial score (nSPS) is 9.33. The smallest absolute Gasteiger partial charge is 0.0383 e. The van der Waals surface area contributed by atoms with Crippen molar-refractivity contribution in [3.63, 3.8) is 0 Å². The highest BCUT2D eigenvalue weighted by atomic mass is 31.2. The minimum Gasteiger partial charge on any atom is -0.822 e. The van der Waals surface area contributed by atoms with Crippen LogP contribution in [0.2, 0.25) is 0 Å². The maximum Gasteiger partial charge on any atom is 0.0383 e. The van der Waals surface area contributed by atoms with Crippen molar-refractivity contribution in [2.24, 2.45) is 0 Å². The van der Waals surface area contributed by atoms with Crippen molar-refractivity contribution in [2.75, 3.05) is 0 Å². The van der Waals surface area contributed by atoms with E-state index in [-0.39, 0.29) is 0 Å². The molecule has 0 radical (unpaired) electrons. The van der Waals surface area contributed by atoms with Gasteiger partial charge in [-0.25, -0.2) is 0 Å². The van der Waals surface area contributed by atoms with Gasteiger partial charge in [-0.3, -0.25) is 0 Å². The van der Waals surface area contributed by atoms with Crippen LogP contribution in [0.3, 0.4) is 0 Å². The third-order valence-corrected chi connectivity index (χ3v) is 0. The second-order valence-electron chi connectivity index (χ2n) is 0.939. The molecule has 0 aromatic carbocycles. The van der Waals surface area contributed by atoms with Gasteiger partial charge in [0.1, 0.15) is 0 Å². The molecule has 7 heteroatoms. The average Bonchev–Trinajstić information content (AvgIpc) is 1.19. The summed E-state index contributed by atoms with van der Waals surface area (Å²) in [6, 6.07) is 0. The molecule has 0 saturated carbocycles. The van der Waals surface area contributed by atoms with Crippen LogP contribution in [0.5, 0.6) is 0 Å². The van der Waals surface area contributed by atoms with Gasteiger partial charge < -0.3 is 29.1 Å². The summed E-state index contributed by atoms with van der Waals surface area (Å²) in [5.41, 5.74) is 0. The number of aliphatic carboxylic acids is 1. The standard InChI is InChI=1S/C2H4O2.H3O4P/c1-2(3)4;1-5(2,3)4/h1H3,(H,3,4);(H3,1,2,3,4)/p-4. The van der Waals surface area contributed by atoms with Gasteiger partial charge in [0.2, 0.25) is 0 Å². The predicted octanol–water partition coefficient (Wildman–Crippen LogP) is -4.07. The fraction of sp³-hybridized carbons (Fsp3) is 0.500. The third kappa shape index (κ3) is 1340. The molecule has 0 heterocycles. The first-order valence-corrected chi connectivity index (χ1v) is 3.10. The lowest BCUT2D eigenvalue weighted by Crippen LogP contribution is -2.24. The van der Waals surface area contributed by atoms with Crippen molar-refractivity contribution in [1.29, 1.82) is 0 Å². The van der Waals surface area contributed by atoms with Gasteiger partial charge in [0.25, 0.3) is 0 Å². The van der Waals surface area contributed by atoms with E-state index in [2.05, 4.69) is 0 Å². The molecule has 0 N–H and O–H groups in total. The van der Waals surface area contributed by atoms with Crippen molar-refractivity contribution in [1.82, 2.24) is 0 Å². The van der Waals surface area contributed by atoms with Crippen LogP contribution in [0.4, 0.5) is 0 Å². The van der Waals surface area contributed by atoms with Crippen LogP contribution in [-0.4, -0.2) is 5.97 Å². The quantitative estimate of drug-likeness (QED) is 0.326. The number of phosphoric acid groups is 1. The number of carbonyl (C=O) groups excluding carboxylic acids is 1. The molecule has 0 aromatic rings. The second kappa shape index (κ2) is 4.46. The predicted molar refractivity (Wildman–Crippen MR) is 18.3 cm³/mol. The summed E-state index contributed by atoms with van der Waals surface area (Å²) in [6.45, 7) is 0.972. The van der Waals surface area contributed by atoms with E-state index >= 15 is 0 Å². The Hall–Kier alpha value is -0.420. The summed E-state index contributed by atoms with van der Waals surface area (Å²) in [5, 5.41) is 8.89. The maximum atomic E-state index is 8.89. The van der Waals surface area contributed by atoms with E-state index < -0.39 is 13.8 Å². The average molecular weight is 154 g/mol. The molecule has 0 aliphatic rings. The van der Waals surface area contributed by atoms with E-state index in [0.29, 0.717) is 0 Å². The zero-order valence-corrected chi connectivity index (χ0v) is 5.29. The highest BCUT2D eigenvalue weighted by Gasteiger charge is 1.46. The Morgan fingerprint density at radius 2 is 1.33 bits per heavy atom. The maximum absolute atomic E-state index is 8.89. The Bertz CT molecular complexity index is 111. The Morgan fingerprint density at radius 1 is 1.33 bits per heavy atom. The second-order valence-corrected chi connectivity index (χ2v) is 1.83. The Labute approximate surface area is 51.0 Å². The van der Waals surface area contributed by atoms with Crippen molar-refractivity contribution >= 4 is 13.8 Å². The molecule has 0 aliphatic heterocycles. The van der Waals surface area contributed by atoms with E-state index in [0.717, 1.165) is 6.92 Å². The van der Waals surface area contributed by atoms with Crippen LogP contribution in [0, 0.1) is 0 Å². The van der Waals surface area contributed by atoms with Gasteiger partial charge in [-0.05, 0) is 6.92 Å². The lowest BCUT2D eigenvalue weighted by molar-refractivity contribution is -0.432. The minimum atomic E-state index is -5.39. The summed E-state index contributed by atoms with van der Waals surface area (Å²) in [5.74, 6) is -1.08. The van der Waals surface area contributed by atoms with Gasteiger partial charge in [0, 0.05) is 5.97 Å². The number of carboxylic acid groups (broad SMARTS) is 1. The monoisotopic (exact) mass is 154 g/mol. The molecule has 6 nitrogen and oxygen atoms in total. The van der Waals surface area contributed by atoms with Gasteiger partial charge >= 0.3 is 0 Å². The molecule has 0 amide bonds. The summed E-state index contributed by atoms with van der Waals surface area (Å²) < 4.78 is 8.55. The molecule has 0 aromatic heterocycles. The molecule has 0 rings (SSSR count). The SMILES string of the molecule is CC(=O)[O-].O=P([O-])([O-])[O-]. The largest absolute Gasteiger partial charge is 0.822 e. The van der Waals surface area contributed by atoms with Gasteiger partial charge in [0.05, 0.1) is 0 Å². The fourth-order valence-electron chi connectivity index (χ4n) is 0. The Balaban J connectivity index is 0. The minimum absolute atomic E-state index is 0.972.